The first-order valence-electron chi connectivity index (χ1n) is 8.02. The Balaban J connectivity index is 1.76. The van der Waals surface area contributed by atoms with E-state index < -0.39 is 16.1 Å². The van der Waals surface area contributed by atoms with Crippen LogP contribution in [-0.2, 0) is 10.2 Å². The van der Waals surface area contributed by atoms with Crippen LogP contribution < -0.4 is 15.2 Å². The lowest BCUT2D eigenvalue weighted by Crippen LogP contribution is -2.22. The average molecular weight is 418 g/mol. The van der Waals surface area contributed by atoms with Crippen LogP contribution in [0.5, 0.6) is 5.75 Å². The molecule has 5 N–H and O–H groups in total. The van der Waals surface area contributed by atoms with Crippen LogP contribution in [0.3, 0.4) is 0 Å². The molecule has 1 amide bonds. The number of carbonyl (C=O) groups excluding carboxylic acids is 1. The first-order chi connectivity index (χ1) is 13.2. The van der Waals surface area contributed by atoms with Gasteiger partial charge in [-0.2, -0.15) is 8.42 Å². The van der Waals surface area contributed by atoms with Gasteiger partial charge in [-0.3, -0.25) is 9.52 Å². The molecule has 0 bridgehead atoms. The molecule has 0 radical (unpaired) electrons. The lowest BCUT2D eigenvalue weighted by Gasteiger charge is -2.10. The largest absolute Gasteiger partial charge is 0.506 e. The van der Waals surface area contributed by atoms with E-state index in [0.29, 0.717) is 10.6 Å². The lowest BCUT2D eigenvalue weighted by molar-refractivity contribution is 0.102. The van der Waals surface area contributed by atoms with Gasteiger partial charge in [-0.05, 0) is 53.6 Å². The van der Waals surface area contributed by atoms with Crippen molar-refractivity contribution in [1.29, 1.82) is 0 Å². The Hall–Kier alpha value is -3.07. The van der Waals surface area contributed by atoms with Gasteiger partial charge in [0.15, 0.2) is 0 Å². The van der Waals surface area contributed by atoms with Gasteiger partial charge in [-0.1, -0.05) is 35.9 Å². The number of amides is 1. The number of phenolic OH excluding ortho intramolecular Hbond substituents is 1. The molecule has 0 aliphatic heterocycles. The molecule has 28 heavy (non-hydrogen) atoms. The van der Waals surface area contributed by atoms with Crippen molar-refractivity contribution in [3.63, 3.8) is 0 Å². The quantitative estimate of drug-likeness (QED) is 0.374. The molecule has 0 saturated carbocycles. The number of nitrogens with one attached hydrogen (secondary N) is 2. The number of rotatable bonds is 5. The Bertz CT molecular complexity index is 1110. The molecule has 0 fully saturated rings. The van der Waals surface area contributed by atoms with Crippen molar-refractivity contribution >= 4 is 39.1 Å². The summed E-state index contributed by atoms with van der Waals surface area (Å²) in [6.07, 6.45) is 0. The fourth-order valence-electron chi connectivity index (χ4n) is 2.51. The number of anilines is 2. The second-order valence-electron chi connectivity index (χ2n) is 5.92. The number of nitrogens with two attached hydrogens (primary N) is 1. The zero-order valence-corrected chi connectivity index (χ0v) is 16.0. The monoisotopic (exact) mass is 417 g/mol. The topological polar surface area (TPSA) is 122 Å². The summed E-state index contributed by atoms with van der Waals surface area (Å²) in [5, 5.41) is 17.9. The highest BCUT2D eigenvalue weighted by molar-refractivity contribution is 7.90. The van der Waals surface area contributed by atoms with E-state index >= 15 is 0 Å². The molecule has 0 aromatic heterocycles. The lowest BCUT2D eigenvalue weighted by atomic mass is 10.0. The zero-order chi connectivity index (χ0) is 20.3. The van der Waals surface area contributed by atoms with Gasteiger partial charge in [-0.25, -0.2) is 5.14 Å². The minimum Gasteiger partial charge on any atom is -0.506 e. The number of halogens is 1. The number of hydrogen-bond acceptors (Lipinski definition) is 4. The molecule has 0 unspecified atom stereocenters. The molecule has 144 valence electrons. The molecule has 0 aliphatic carbocycles. The molecule has 3 aromatic carbocycles. The first-order valence-corrected chi connectivity index (χ1v) is 9.94. The van der Waals surface area contributed by atoms with E-state index in [1.54, 1.807) is 24.3 Å². The summed E-state index contributed by atoms with van der Waals surface area (Å²) >= 11 is 5.89. The van der Waals surface area contributed by atoms with Crippen molar-refractivity contribution in [2.45, 2.75) is 0 Å². The summed E-state index contributed by atoms with van der Waals surface area (Å²) in [6.45, 7) is 0. The third-order valence-electron chi connectivity index (χ3n) is 3.83. The normalized spacial score (nSPS) is 11.1. The second-order valence-corrected chi connectivity index (χ2v) is 7.65. The van der Waals surface area contributed by atoms with Gasteiger partial charge in [0.1, 0.15) is 5.75 Å². The van der Waals surface area contributed by atoms with Crippen molar-refractivity contribution in [1.82, 2.24) is 0 Å². The van der Waals surface area contributed by atoms with Crippen LogP contribution in [0.4, 0.5) is 11.4 Å². The highest BCUT2D eigenvalue weighted by atomic mass is 35.5. The predicted molar refractivity (Wildman–Crippen MR) is 110 cm³/mol. The van der Waals surface area contributed by atoms with Crippen molar-refractivity contribution in [3.05, 3.63) is 77.3 Å². The summed E-state index contributed by atoms with van der Waals surface area (Å²) in [5.41, 5.74) is 2.45. The molecule has 0 spiro atoms. The molecule has 9 heteroatoms. The van der Waals surface area contributed by atoms with Crippen LogP contribution in [0.2, 0.25) is 5.02 Å². The van der Waals surface area contributed by atoms with E-state index in [-0.39, 0.29) is 17.1 Å². The maximum atomic E-state index is 12.4. The predicted octanol–water partition coefficient (Wildman–Crippen LogP) is 3.58. The molecule has 3 rings (SSSR count). The van der Waals surface area contributed by atoms with Crippen LogP contribution in [0.15, 0.2) is 66.7 Å². The van der Waals surface area contributed by atoms with Crippen LogP contribution in [0.25, 0.3) is 11.1 Å². The zero-order valence-electron chi connectivity index (χ0n) is 14.4. The fraction of sp³-hybridized carbons (Fsp3) is 0. The number of carbonyl (C=O) groups is 1. The van der Waals surface area contributed by atoms with E-state index in [1.807, 2.05) is 29.0 Å². The van der Waals surface area contributed by atoms with E-state index in [1.165, 1.54) is 18.2 Å². The fourth-order valence-corrected chi connectivity index (χ4v) is 3.10. The van der Waals surface area contributed by atoms with Crippen molar-refractivity contribution in [2.24, 2.45) is 5.14 Å². The van der Waals surface area contributed by atoms with Crippen LogP contribution in [0, 0.1) is 0 Å². The van der Waals surface area contributed by atoms with Crippen molar-refractivity contribution in [3.8, 4) is 16.9 Å². The third-order valence-corrected chi connectivity index (χ3v) is 4.59. The minimum absolute atomic E-state index is 0.140. The van der Waals surface area contributed by atoms with Gasteiger partial charge >= 0.3 is 0 Å². The van der Waals surface area contributed by atoms with E-state index in [0.717, 1.165) is 11.1 Å². The number of hydrogen-bond donors (Lipinski definition) is 4. The van der Waals surface area contributed by atoms with Gasteiger partial charge in [-0.15, -0.1) is 0 Å². The molecule has 0 atom stereocenters. The van der Waals surface area contributed by atoms with E-state index in [4.69, 9.17) is 16.7 Å². The Labute approximate surface area is 167 Å². The Morgan fingerprint density at radius 1 is 0.929 bits per heavy atom. The van der Waals surface area contributed by atoms with E-state index in [9.17, 15) is 18.3 Å². The first kappa shape index (κ1) is 19.7. The third kappa shape index (κ3) is 5.01. The number of benzene rings is 3. The van der Waals surface area contributed by atoms with Crippen LogP contribution in [-0.4, -0.2) is 19.4 Å². The summed E-state index contributed by atoms with van der Waals surface area (Å²) in [6, 6.07) is 18.2. The van der Waals surface area contributed by atoms with Crippen LogP contribution >= 0.6 is 11.6 Å². The molecule has 0 aliphatic rings. The Morgan fingerprint density at radius 2 is 1.50 bits per heavy atom. The standard InChI is InChI=1S/C19H16ClN3O4S/c20-15-7-5-13(6-8-15)12-1-3-14(4-2-12)19(25)22-16-9-10-18(24)17(11-16)23-28(21,26)27/h1-11,23-24H,(H,22,25)(H2,21,26,27). The SMILES string of the molecule is NS(=O)(=O)Nc1cc(NC(=O)c2ccc(-c3ccc(Cl)cc3)cc2)ccc1O. The van der Waals surface area contributed by atoms with Crippen molar-refractivity contribution in [2.75, 3.05) is 10.0 Å². The highest BCUT2D eigenvalue weighted by Gasteiger charge is 2.11. The van der Waals surface area contributed by atoms with Gasteiger partial charge in [0.25, 0.3) is 16.1 Å². The Kier molecular flexibility index (Phi) is 5.55. The molecule has 3 aromatic rings. The maximum absolute atomic E-state index is 12.4. The summed E-state index contributed by atoms with van der Waals surface area (Å²) < 4.78 is 24.2. The minimum atomic E-state index is -4.06. The summed E-state index contributed by atoms with van der Waals surface area (Å²) in [4.78, 5) is 12.4. The van der Waals surface area contributed by atoms with Crippen LogP contribution in [0.1, 0.15) is 10.4 Å². The second kappa shape index (κ2) is 7.89. The molecule has 7 nitrogen and oxygen atoms in total. The molecular formula is C19H16ClN3O4S. The number of phenols is 1. The number of aromatic hydroxyl groups is 1. The van der Waals surface area contributed by atoms with Gasteiger partial charge < -0.3 is 10.4 Å². The Morgan fingerprint density at radius 3 is 2.07 bits per heavy atom. The molecular weight excluding hydrogens is 402 g/mol. The van der Waals surface area contributed by atoms with Gasteiger partial charge in [0.2, 0.25) is 0 Å². The van der Waals surface area contributed by atoms with Gasteiger partial charge in [0.05, 0.1) is 5.69 Å². The summed E-state index contributed by atoms with van der Waals surface area (Å²) in [7, 11) is -4.06. The maximum Gasteiger partial charge on any atom is 0.296 e. The smallest absolute Gasteiger partial charge is 0.296 e. The van der Waals surface area contributed by atoms with Crippen molar-refractivity contribution < 1.29 is 18.3 Å². The van der Waals surface area contributed by atoms with Gasteiger partial charge in [0, 0.05) is 16.3 Å². The summed E-state index contributed by atoms with van der Waals surface area (Å²) in [5.74, 6) is -0.714. The molecule has 0 saturated heterocycles. The average Bonchev–Trinajstić information content (AvgIpc) is 2.64. The highest BCUT2D eigenvalue weighted by Crippen LogP contribution is 2.28. The molecule has 0 heterocycles. The van der Waals surface area contributed by atoms with E-state index in [2.05, 4.69) is 5.32 Å².